The van der Waals surface area contributed by atoms with Crippen LogP contribution >= 0.6 is 24.8 Å². The molecule has 0 aliphatic heterocycles. The number of hydrogen-bond acceptors (Lipinski definition) is 4. The molecule has 0 N–H and O–H groups in total. The summed E-state index contributed by atoms with van der Waals surface area (Å²) in [6.45, 7) is 16.4. The normalized spacial score (nSPS) is 15.6. The fraction of sp³-hybridized carbons (Fsp3) is 0.875. The van der Waals surface area contributed by atoms with E-state index in [9.17, 15) is 19.2 Å². The first-order chi connectivity index (χ1) is 17.7. The fourth-order valence-electron chi connectivity index (χ4n) is 5.84. The van der Waals surface area contributed by atoms with E-state index in [0.717, 1.165) is 51.4 Å². The van der Waals surface area contributed by atoms with Gasteiger partial charge in [0.1, 0.15) is 0 Å². The van der Waals surface area contributed by atoms with E-state index in [1.807, 2.05) is 27.7 Å². The second kappa shape index (κ2) is 24.7. The molecule has 0 aromatic heterocycles. The average Bonchev–Trinajstić information content (AvgIpc) is 2.90. The van der Waals surface area contributed by atoms with Crippen molar-refractivity contribution in [1.29, 1.82) is 0 Å². The Morgan fingerprint density at radius 3 is 0.718 bits per heavy atom. The first-order valence-electron chi connectivity index (χ1n) is 15.9. The van der Waals surface area contributed by atoms with Crippen LogP contribution in [0, 0.1) is 23.7 Å². The summed E-state index contributed by atoms with van der Waals surface area (Å²) in [5, 5.41) is 0. The Hall–Kier alpha value is 0.143. The summed E-state index contributed by atoms with van der Waals surface area (Å²) < 4.78 is -0.648. The van der Waals surface area contributed by atoms with E-state index in [2.05, 4.69) is 27.7 Å². The van der Waals surface area contributed by atoms with Gasteiger partial charge in [0.25, 0.3) is 0 Å². The number of carbonyl (C=O) groups is 4. The second-order valence-electron chi connectivity index (χ2n) is 11.2. The molecule has 0 aliphatic rings. The van der Waals surface area contributed by atoms with Crippen molar-refractivity contribution in [3.05, 3.63) is 0 Å². The molecule has 4 nitrogen and oxygen atoms in total. The van der Waals surface area contributed by atoms with Gasteiger partial charge < -0.3 is 0 Å². The molecule has 0 radical (unpaired) electrons. The minimum atomic E-state index is -5.41. The largest absolute Gasteiger partial charge is 0.147 e. The summed E-state index contributed by atoms with van der Waals surface area (Å²) in [6, 6.07) is 0. The molecule has 0 aromatic carbocycles. The van der Waals surface area contributed by atoms with Gasteiger partial charge in [-0.25, -0.2) is 0 Å². The summed E-state index contributed by atoms with van der Waals surface area (Å²) >= 11 is -5.41. The molecule has 0 fully saturated rings. The molecule has 4 atom stereocenters. The maximum atomic E-state index is 14.7. The van der Waals surface area contributed by atoms with E-state index in [0.29, 0.717) is 51.4 Å². The zero-order valence-corrected chi connectivity index (χ0v) is 30.7. The SMILES string of the molecule is CCCCC(CC)[C](=O)[Zr]([C](=O)C(CC)CCCC)([C](=O)C(CC)CCCC)[C](=O)C(CC)CCCC.Cl.Cl. The van der Waals surface area contributed by atoms with Gasteiger partial charge in [0, 0.05) is 0 Å². The molecule has 0 heterocycles. The van der Waals surface area contributed by atoms with Gasteiger partial charge in [0.15, 0.2) is 0 Å². The number of halogens is 2. The summed E-state index contributed by atoms with van der Waals surface area (Å²) in [5.74, 6) is -1.38. The molecule has 4 unspecified atom stereocenters. The van der Waals surface area contributed by atoms with Gasteiger partial charge in [0.2, 0.25) is 0 Å². The van der Waals surface area contributed by atoms with Crippen molar-refractivity contribution in [3.63, 3.8) is 0 Å². The zero-order valence-electron chi connectivity index (χ0n) is 26.6. The maximum Gasteiger partial charge on any atom is -0.147 e. The van der Waals surface area contributed by atoms with Crippen molar-refractivity contribution >= 4 is 38.8 Å². The summed E-state index contributed by atoms with van der Waals surface area (Å²) in [7, 11) is 0. The van der Waals surface area contributed by atoms with Crippen LogP contribution in [0.5, 0.6) is 0 Å². The Kier molecular flexibility index (Phi) is 27.6. The number of carbonyl (C=O) groups excluding carboxylic acids is 4. The summed E-state index contributed by atoms with van der Waals surface area (Å²) in [6.07, 6.45) is 12.5. The van der Waals surface area contributed by atoms with Crippen LogP contribution in [0.3, 0.4) is 0 Å². The van der Waals surface area contributed by atoms with Gasteiger partial charge in [-0.3, -0.25) is 0 Å². The third-order valence-electron chi connectivity index (χ3n) is 8.56. The average molecular weight is 673 g/mol. The summed E-state index contributed by atoms with van der Waals surface area (Å²) in [5.41, 5.74) is 0. The molecule has 0 spiro atoms. The number of rotatable bonds is 24. The van der Waals surface area contributed by atoms with Crippen LogP contribution in [0.1, 0.15) is 158 Å². The Morgan fingerprint density at radius 2 is 0.590 bits per heavy atom. The van der Waals surface area contributed by atoms with Gasteiger partial charge in [-0.1, -0.05) is 0 Å². The van der Waals surface area contributed by atoms with E-state index in [1.54, 1.807) is 0 Å². The first-order valence-corrected chi connectivity index (χ1v) is 20.8. The second-order valence-corrected chi connectivity index (χ2v) is 19.7. The molecule has 0 saturated heterocycles. The smallest absolute Gasteiger partial charge is 0.147 e. The van der Waals surface area contributed by atoms with Gasteiger partial charge in [-0.2, -0.15) is 0 Å². The van der Waals surface area contributed by atoms with E-state index in [-0.39, 0.29) is 62.5 Å². The summed E-state index contributed by atoms with van der Waals surface area (Å²) in [4.78, 5) is 59.0. The topological polar surface area (TPSA) is 68.3 Å². The van der Waals surface area contributed by atoms with E-state index < -0.39 is 20.3 Å². The molecule has 0 rings (SSSR count). The maximum absolute atomic E-state index is 14.7. The Bertz CT molecular complexity index is 580. The molecular weight excluding hydrogens is 610 g/mol. The number of hydrogen-bond donors (Lipinski definition) is 0. The van der Waals surface area contributed by atoms with Gasteiger partial charge in [0.05, 0.1) is 0 Å². The van der Waals surface area contributed by atoms with Gasteiger partial charge in [-0.05, 0) is 0 Å². The van der Waals surface area contributed by atoms with Crippen LogP contribution in [0.4, 0.5) is 0 Å². The van der Waals surface area contributed by atoms with E-state index in [4.69, 9.17) is 0 Å². The molecule has 232 valence electrons. The van der Waals surface area contributed by atoms with Gasteiger partial charge >= 0.3 is 235 Å². The standard InChI is InChI=1S/4C8H15O.2ClH.Zr/c4*1-3-5-6-8(4-2)7-9;;;/h4*8H,3-6H2,1-2H3;2*1H;. The Morgan fingerprint density at radius 1 is 0.410 bits per heavy atom. The molecule has 0 saturated carbocycles. The molecule has 0 amide bonds. The zero-order chi connectivity index (χ0) is 28.4. The molecule has 7 heteroatoms. The third kappa shape index (κ3) is 12.1. The first kappa shape index (κ1) is 43.6. The van der Waals surface area contributed by atoms with Crippen molar-refractivity contribution in [2.45, 2.75) is 158 Å². The van der Waals surface area contributed by atoms with Crippen molar-refractivity contribution in [1.82, 2.24) is 0 Å². The van der Waals surface area contributed by atoms with Crippen LogP contribution in [0.2, 0.25) is 0 Å². The fourth-order valence-corrected chi connectivity index (χ4v) is 18.9. The van der Waals surface area contributed by atoms with Crippen LogP contribution in [-0.4, -0.2) is 14.0 Å². The molecule has 0 aromatic rings. The van der Waals surface area contributed by atoms with Crippen LogP contribution < -0.4 is 0 Å². The van der Waals surface area contributed by atoms with Crippen LogP contribution in [-0.2, 0) is 39.4 Å². The number of unbranched alkanes of at least 4 members (excludes halogenated alkanes) is 4. The van der Waals surface area contributed by atoms with Crippen molar-refractivity contribution in [3.8, 4) is 0 Å². The predicted octanol–water partition coefficient (Wildman–Crippen LogP) is 9.96. The molecule has 39 heavy (non-hydrogen) atoms. The van der Waals surface area contributed by atoms with Gasteiger partial charge in [-0.15, -0.1) is 24.8 Å². The van der Waals surface area contributed by atoms with Crippen molar-refractivity contribution < 1.29 is 39.4 Å². The van der Waals surface area contributed by atoms with Crippen molar-refractivity contribution in [2.75, 3.05) is 0 Å². The molecule has 0 bridgehead atoms. The molecule has 0 aliphatic carbocycles. The Balaban J connectivity index is -0.00000648. The van der Waals surface area contributed by atoms with Crippen molar-refractivity contribution in [2.24, 2.45) is 23.7 Å². The van der Waals surface area contributed by atoms with Crippen LogP contribution in [0.25, 0.3) is 0 Å². The Labute approximate surface area is 258 Å². The van der Waals surface area contributed by atoms with E-state index >= 15 is 0 Å². The minimum Gasteiger partial charge on any atom is -0.147 e. The third-order valence-corrected chi connectivity index (χ3v) is 19.8. The van der Waals surface area contributed by atoms with Crippen LogP contribution in [0.15, 0.2) is 0 Å². The minimum absolute atomic E-state index is 0. The monoisotopic (exact) mass is 670 g/mol. The predicted molar refractivity (Wildman–Crippen MR) is 168 cm³/mol. The quantitative estimate of drug-likeness (QED) is 0.102. The molecular formula is C32H62Cl2O4Zr. The van der Waals surface area contributed by atoms with E-state index in [1.165, 1.54) is 0 Å².